The summed E-state index contributed by atoms with van der Waals surface area (Å²) >= 11 is 0. The minimum absolute atomic E-state index is 0.0356. The van der Waals surface area contributed by atoms with Gasteiger partial charge in [0.15, 0.2) is 0 Å². The molecular formula is C37H52O7. The summed E-state index contributed by atoms with van der Waals surface area (Å²) in [5.41, 5.74) is 2.09. The fourth-order valence-electron chi connectivity index (χ4n) is 5.89. The van der Waals surface area contributed by atoms with Crippen molar-refractivity contribution in [1.82, 2.24) is 0 Å². The summed E-state index contributed by atoms with van der Waals surface area (Å²) in [6.07, 6.45) is 21.6. The van der Waals surface area contributed by atoms with Gasteiger partial charge in [-0.15, -0.1) is 0 Å². The monoisotopic (exact) mass is 608 g/mol. The number of fused-ring (bicyclic) bond motifs is 3. The molecule has 3 rings (SSSR count). The SMILES string of the molecule is C=C(COC(=O)CCCCCCCCCCCCCCC)C1C=CC2=CC(OC2=O)C(C(=C)C)c2cc(C(=O)OC)c(o2)C1. The van der Waals surface area contributed by atoms with Crippen LogP contribution < -0.4 is 0 Å². The van der Waals surface area contributed by atoms with E-state index in [-0.39, 0.29) is 24.9 Å². The van der Waals surface area contributed by atoms with Crippen LogP contribution in [0.15, 0.2) is 58.6 Å². The second-order valence-corrected chi connectivity index (χ2v) is 12.3. The molecule has 7 heteroatoms. The van der Waals surface area contributed by atoms with Gasteiger partial charge in [-0.1, -0.05) is 115 Å². The highest BCUT2D eigenvalue weighted by molar-refractivity contribution is 5.94. The number of ether oxygens (including phenoxy) is 3. The molecule has 0 amide bonds. The first-order valence-electron chi connectivity index (χ1n) is 16.6. The molecule has 3 atom stereocenters. The molecule has 2 aliphatic heterocycles. The van der Waals surface area contributed by atoms with E-state index in [2.05, 4.69) is 20.1 Å². The van der Waals surface area contributed by atoms with Crippen molar-refractivity contribution in [3.63, 3.8) is 0 Å². The van der Waals surface area contributed by atoms with Gasteiger partial charge < -0.3 is 18.6 Å². The Kier molecular flexibility index (Phi) is 14.7. The molecule has 44 heavy (non-hydrogen) atoms. The van der Waals surface area contributed by atoms with Crippen molar-refractivity contribution in [2.24, 2.45) is 5.92 Å². The number of rotatable bonds is 19. The molecule has 0 aromatic carbocycles. The van der Waals surface area contributed by atoms with Crippen LogP contribution >= 0.6 is 0 Å². The lowest BCUT2D eigenvalue weighted by atomic mass is 9.90. The fourth-order valence-corrected chi connectivity index (χ4v) is 5.89. The number of allylic oxidation sites excluding steroid dienone is 1. The van der Waals surface area contributed by atoms with Crippen LogP contribution in [-0.4, -0.2) is 37.7 Å². The van der Waals surface area contributed by atoms with E-state index < -0.39 is 24.0 Å². The Morgan fingerprint density at radius 3 is 2.16 bits per heavy atom. The van der Waals surface area contributed by atoms with Crippen molar-refractivity contribution in [2.45, 2.75) is 122 Å². The van der Waals surface area contributed by atoms with Crippen molar-refractivity contribution >= 4 is 17.9 Å². The van der Waals surface area contributed by atoms with Gasteiger partial charge in [-0.25, -0.2) is 9.59 Å². The van der Waals surface area contributed by atoms with E-state index in [0.29, 0.717) is 34.7 Å². The summed E-state index contributed by atoms with van der Waals surface area (Å²) in [7, 11) is 1.32. The van der Waals surface area contributed by atoms with E-state index in [0.717, 1.165) is 24.8 Å². The van der Waals surface area contributed by atoms with Gasteiger partial charge in [0.05, 0.1) is 18.6 Å². The van der Waals surface area contributed by atoms with Crippen LogP contribution in [0.1, 0.15) is 132 Å². The third-order valence-electron chi connectivity index (χ3n) is 8.56. The predicted molar refractivity (Wildman–Crippen MR) is 172 cm³/mol. The van der Waals surface area contributed by atoms with E-state index in [1.54, 1.807) is 18.2 Å². The molecule has 0 aliphatic carbocycles. The smallest absolute Gasteiger partial charge is 0.341 e. The number of unbranched alkanes of at least 4 members (excludes halogenated alkanes) is 12. The summed E-state index contributed by atoms with van der Waals surface area (Å²) in [6, 6.07) is 1.64. The van der Waals surface area contributed by atoms with Gasteiger partial charge in [0.1, 0.15) is 29.8 Å². The average Bonchev–Trinajstić information content (AvgIpc) is 3.57. The maximum absolute atomic E-state index is 12.6. The van der Waals surface area contributed by atoms with Gasteiger partial charge in [0.2, 0.25) is 0 Å². The summed E-state index contributed by atoms with van der Waals surface area (Å²) in [5.74, 6) is -1.13. The Morgan fingerprint density at radius 2 is 1.57 bits per heavy atom. The summed E-state index contributed by atoms with van der Waals surface area (Å²) in [6.45, 7) is 12.4. The number of esters is 3. The standard InChI is InChI=1S/C37H52O7/c1-6-7-8-9-10-11-12-13-14-15-16-17-18-19-34(38)42-25-27(4)28-20-21-29-23-32(44-36(29)39)35(26(2)3)33-24-30(37(40)41-5)31(22-28)43-33/h20-21,23-24,28,32,35H,2,4,6-19,22,25H2,1,3,5H3. The van der Waals surface area contributed by atoms with Crippen molar-refractivity contribution < 1.29 is 33.0 Å². The molecule has 0 fully saturated rings. The number of hydrogen-bond acceptors (Lipinski definition) is 7. The van der Waals surface area contributed by atoms with Crippen LogP contribution in [0.2, 0.25) is 0 Å². The molecule has 242 valence electrons. The number of carbonyl (C=O) groups is 3. The quantitative estimate of drug-likeness (QED) is 0.0670. The molecule has 1 aromatic rings. The highest BCUT2D eigenvalue weighted by Crippen LogP contribution is 2.38. The summed E-state index contributed by atoms with van der Waals surface area (Å²) in [5, 5.41) is 0. The Morgan fingerprint density at radius 1 is 0.955 bits per heavy atom. The van der Waals surface area contributed by atoms with Crippen molar-refractivity contribution in [1.29, 1.82) is 0 Å². The first kappa shape index (κ1) is 35.1. The molecule has 0 radical (unpaired) electrons. The molecule has 0 saturated carbocycles. The van der Waals surface area contributed by atoms with Gasteiger partial charge in [-0.2, -0.15) is 0 Å². The van der Waals surface area contributed by atoms with Crippen molar-refractivity contribution in [3.05, 3.63) is 71.3 Å². The molecule has 0 saturated heterocycles. The average molecular weight is 609 g/mol. The van der Waals surface area contributed by atoms with Gasteiger partial charge in [0, 0.05) is 18.8 Å². The Bertz CT molecular complexity index is 1200. The molecule has 4 bridgehead atoms. The van der Waals surface area contributed by atoms with Crippen molar-refractivity contribution in [2.75, 3.05) is 13.7 Å². The Balaban J connectivity index is 1.48. The lowest BCUT2D eigenvalue weighted by molar-refractivity contribution is -0.143. The Hall–Kier alpha value is -3.35. The fraction of sp³-hybridized carbons (Fsp3) is 0.595. The number of hydrogen-bond donors (Lipinski definition) is 0. The van der Waals surface area contributed by atoms with Crippen LogP contribution in [0, 0.1) is 5.92 Å². The van der Waals surface area contributed by atoms with Crippen LogP contribution in [0.25, 0.3) is 0 Å². The second-order valence-electron chi connectivity index (χ2n) is 12.3. The maximum atomic E-state index is 12.6. The number of carbonyl (C=O) groups excluding carboxylic acids is 3. The first-order chi connectivity index (χ1) is 21.2. The summed E-state index contributed by atoms with van der Waals surface area (Å²) < 4.78 is 22.4. The highest BCUT2D eigenvalue weighted by atomic mass is 16.6. The van der Waals surface area contributed by atoms with Crippen molar-refractivity contribution in [3.8, 4) is 0 Å². The molecule has 7 nitrogen and oxygen atoms in total. The second kappa shape index (κ2) is 18.5. The lowest BCUT2D eigenvalue weighted by Crippen LogP contribution is -2.19. The highest BCUT2D eigenvalue weighted by Gasteiger charge is 2.36. The predicted octanol–water partition coefficient (Wildman–Crippen LogP) is 8.89. The molecule has 2 aliphatic rings. The largest absolute Gasteiger partial charge is 0.465 e. The van der Waals surface area contributed by atoms with E-state index in [4.69, 9.17) is 18.6 Å². The minimum atomic E-state index is -0.602. The van der Waals surface area contributed by atoms with E-state index in [1.807, 2.05) is 13.0 Å². The zero-order valence-corrected chi connectivity index (χ0v) is 27.1. The summed E-state index contributed by atoms with van der Waals surface area (Å²) in [4.78, 5) is 37.7. The first-order valence-corrected chi connectivity index (χ1v) is 16.6. The van der Waals surface area contributed by atoms with Gasteiger partial charge in [0.25, 0.3) is 0 Å². The van der Waals surface area contributed by atoms with Gasteiger partial charge in [-0.05, 0) is 31.1 Å². The Labute approximate surface area is 263 Å². The van der Waals surface area contributed by atoms with Crippen LogP contribution in [-0.2, 0) is 30.2 Å². The molecule has 1 aromatic heterocycles. The molecule has 3 heterocycles. The zero-order chi connectivity index (χ0) is 31.9. The molecule has 0 N–H and O–H groups in total. The molecule has 3 unspecified atom stereocenters. The maximum Gasteiger partial charge on any atom is 0.341 e. The number of methoxy groups -OCH3 is 1. The van der Waals surface area contributed by atoms with E-state index in [9.17, 15) is 14.4 Å². The third kappa shape index (κ3) is 10.7. The van der Waals surface area contributed by atoms with Gasteiger partial charge in [-0.3, -0.25) is 4.79 Å². The van der Waals surface area contributed by atoms with E-state index in [1.165, 1.54) is 71.3 Å². The molecular weight excluding hydrogens is 556 g/mol. The zero-order valence-electron chi connectivity index (χ0n) is 27.1. The van der Waals surface area contributed by atoms with Crippen LogP contribution in [0.5, 0.6) is 0 Å². The normalized spacial score (nSPS) is 19.1. The lowest BCUT2D eigenvalue weighted by Gasteiger charge is -2.20. The van der Waals surface area contributed by atoms with E-state index >= 15 is 0 Å². The van der Waals surface area contributed by atoms with Gasteiger partial charge >= 0.3 is 17.9 Å². The van der Waals surface area contributed by atoms with Crippen LogP contribution in [0.3, 0.4) is 0 Å². The number of furan rings is 1. The topological polar surface area (TPSA) is 92.0 Å². The minimum Gasteiger partial charge on any atom is -0.465 e. The van der Waals surface area contributed by atoms with Crippen LogP contribution in [0.4, 0.5) is 0 Å². The molecule has 0 spiro atoms. The third-order valence-corrected chi connectivity index (χ3v) is 8.56.